The van der Waals surface area contributed by atoms with Gasteiger partial charge < -0.3 is 20.2 Å². The molecule has 0 aromatic carbocycles. The number of fused-ring (bicyclic) bond motifs is 1. The van der Waals surface area contributed by atoms with Crippen molar-refractivity contribution in [2.24, 2.45) is 11.8 Å². The number of hydrogen-bond donors (Lipinski definition) is 4. The van der Waals surface area contributed by atoms with E-state index in [9.17, 15) is 19.1 Å². The normalized spacial score (nSPS) is 38.5. The van der Waals surface area contributed by atoms with E-state index in [1.54, 1.807) is 0 Å². The zero-order valence-corrected chi connectivity index (χ0v) is 10.3. The second-order valence-corrected chi connectivity index (χ2v) is 6.89. The highest BCUT2D eigenvalue weighted by molar-refractivity contribution is 7.52. The van der Waals surface area contributed by atoms with Crippen molar-refractivity contribution in [2.75, 3.05) is 6.54 Å². The molecule has 0 unspecified atom stereocenters. The second-order valence-electron chi connectivity index (χ2n) is 5.05. The molecule has 17 heavy (non-hydrogen) atoms. The molecule has 2 fully saturated rings. The van der Waals surface area contributed by atoms with Crippen molar-refractivity contribution in [3.8, 4) is 0 Å². The summed E-state index contributed by atoms with van der Waals surface area (Å²) in [4.78, 5) is 29.6. The van der Waals surface area contributed by atoms with E-state index in [4.69, 9.17) is 5.11 Å². The van der Waals surface area contributed by atoms with Crippen molar-refractivity contribution in [1.29, 1.82) is 0 Å². The second kappa shape index (κ2) is 4.69. The fraction of sp³-hybridized carbons (Fsp3) is 0.900. The van der Waals surface area contributed by atoms with Crippen molar-refractivity contribution < 1.29 is 24.3 Å². The van der Waals surface area contributed by atoms with Crippen LogP contribution in [0.2, 0.25) is 0 Å². The molecule has 2 rings (SSSR count). The number of carboxylic acids is 1. The van der Waals surface area contributed by atoms with Crippen LogP contribution in [0, 0.1) is 11.8 Å². The first kappa shape index (κ1) is 13.0. The highest BCUT2D eigenvalue weighted by Gasteiger charge is 2.46. The van der Waals surface area contributed by atoms with Crippen LogP contribution in [0.5, 0.6) is 0 Å². The van der Waals surface area contributed by atoms with E-state index >= 15 is 0 Å². The molecule has 7 heteroatoms. The first-order valence-corrected chi connectivity index (χ1v) is 7.59. The van der Waals surface area contributed by atoms with Gasteiger partial charge in [0, 0.05) is 0 Å². The number of rotatable bonds is 2. The van der Waals surface area contributed by atoms with Crippen LogP contribution in [0.3, 0.4) is 0 Å². The molecule has 0 aromatic rings. The third-order valence-corrected chi connectivity index (χ3v) is 5.54. The molecule has 2 aliphatic rings. The van der Waals surface area contributed by atoms with Gasteiger partial charge >= 0.3 is 13.6 Å². The maximum Gasteiger partial charge on any atom is 0.328 e. The van der Waals surface area contributed by atoms with Gasteiger partial charge in [0.2, 0.25) is 0 Å². The molecule has 98 valence electrons. The lowest BCUT2D eigenvalue weighted by atomic mass is 9.73. The molecule has 1 saturated carbocycles. The molecule has 1 aliphatic heterocycles. The zero-order valence-electron chi connectivity index (χ0n) is 9.45. The number of carboxylic acid groups (broad SMARTS) is 1. The van der Waals surface area contributed by atoms with Crippen LogP contribution in [0.4, 0.5) is 0 Å². The predicted molar refractivity (Wildman–Crippen MR) is 60.7 cm³/mol. The summed E-state index contributed by atoms with van der Waals surface area (Å²) in [6.07, 6.45) is 2.59. The van der Waals surface area contributed by atoms with Crippen molar-refractivity contribution in [3.05, 3.63) is 0 Å². The van der Waals surface area contributed by atoms with Gasteiger partial charge in [0.1, 0.15) is 6.04 Å². The van der Waals surface area contributed by atoms with E-state index in [0.29, 0.717) is 19.4 Å². The maximum absolute atomic E-state index is 11.4. The summed E-state index contributed by atoms with van der Waals surface area (Å²) in [6, 6.07) is -0.664. The molecule has 4 N–H and O–H groups in total. The molecular formula is C10H18NO5P. The van der Waals surface area contributed by atoms with Crippen molar-refractivity contribution >= 4 is 13.6 Å². The SMILES string of the molecule is O=C(O)[C@@H]1C[C@@H]2[C@@H](CCC[C@H]2P(=O)(O)O)CN1. The van der Waals surface area contributed by atoms with Crippen LogP contribution in [-0.4, -0.2) is 39.1 Å². The Bertz CT molecular complexity index is 355. The average molecular weight is 263 g/mol. The molecule has 0 amide bonds. The van der Waals surface area contributed by atoms with Crippen LogP contribution in [0.1, 0.15) is 25.7 Å². The van der Waals surface area contributed by atoms with Gasteiger partial charge in [0.15, 0.2) is 0 Å². The Morgan fingerprint density at radius 1 is 1.29 bits per heavy atom. The number of aliphatic carboxylic acids is 1. The number of nitrogens with one attached hydrogen (secondary N) is 1. The Morgan fingerprint density at radius 2 is 2.00 bits per heavy atom. The largest absolute Gasteiger partial charge is 0.480 e. The van der Waals surface area contributed by atoms with Gasteiger partial charge in [0.25, 0.3) is 0 Å². The van der Waals surface area contributed by atoms with Crippen LogP contribution in [-0.2, 0) is 9.36 Å². The Labute approximate surface area is 99.6 Å². The summed E-state index contributed by atoms with van der Waals surface area (Å²) >= 11 is 0. The lowest BCUT2D eigenvalue weighted by molar-refractivity contribution is -0.141. The quantitative estimate of drug-likeness (QED) is 0.537. The van der Waals surface area contributed by atoms with Crippen molar-refractivity contribution in [3.63, 3.8) is 0 Å². The minimum atomic E-state index is -4.11. The average Bonchev–Trinajstić information content (AvgIpc) is 2.26. The number of carbonyl (C=O) groups is 1. The summed E-state index contributed by atoms with van der Waals surface area (Å²) in [5, 5.41) is 11.9. The molecule has 0 aromatic heterocycles. The highest BCUT2D eigenvalue weighted by atomic mass is 31.2. The molecule has 1 heterocycles. The van der Waals surface area contributed by atoms with Gasteiger partial charge in [-0.25, -0.2) is 0 Å². The van der Waals surface area contributed by atoms with Gasteiger partial charge in [-0.2, -0.15) is 0 Å². The first-order valence-electron chi connectivity index (χ1n) is 5.91. The Balaban J connectivity index is 2.15. The summed E-state index contributed by atoms with van der Waals surface area (Å²) in [7, 11) is -4.11. The fourth-order valence-electron chi connectivity index (χ4n) is 3.19. The van der Waals surface area contributed by atoms with E-state index in [0.717, 1.165) is 12.8 Å². The van der Waals surface area contributed by atoms with Crippen molar-refractivity contribution in [1.82, 2.24) is 5.32 Å². The standard InChI is InChI=1S/C10H18NO5P/c12-10(13)8-4-7-6(5-11-8)2-1-3-9(7)17(14,15)16/h6-9,11H,1-5H2,(H,12,13)(H2,14,15,16)/t6-,7+,8-,9+/m0/s1. The Morgan fingerprint density at radius 3 is 2.59 bits per heavy atom. The third-order valence-electron chi connectivity index (χ3n) is 4.04. The maximum atomic E-state index is 11.4. The predicted octanol–water partition coefficient (Wildman–Crippen LogP) is 0.395. The Kier molecular flexibility index (Phi) is 3.59. The molecule has 0 spiro atoms. The van der Waals surface area contributed by atoms with E-state index in [1.165, 1.54) is 0 Å². The number of piperidine rings is 1. The molecule has 1 saturated heterocycles. The monoisotopic (exact) mass is 263 g/mol. The minimum Gasteiger partial charge on any atom is -0.480 e. The van der Waals surface area contributed by atoms with Crippen LogP contribution in [0.15, 0.2) is 0 Å². The molecule has 4 atom stereocenters. The van der Waals surface area contributed by atoms with E-state index in [-0.39, 0.29) is 11.8 Å². The molecule has 0 radical (unpaired) electrons. The van der Waals surface area contributed by atoms with Crippen LogP contribution in [0.25, 0.3) is 0 Å². The van der Waals surface area contributed by atoms with Crippen LogP contribution < -0.4 is 5.32 Å². The van der Waals surface area contributed by atoms with Gasteiger partial charge in [0.05, 0.1) is 5.66 Å². The molecule has 1 aliphatic carbocycles. The highest BCUT2D eigenvalue weighted by Crippen LogP contribution is 2.53. The third kappa shape index (κ3) is 2.71. The molecule has 0 bridgehead atoms. The summed E-state index contributed by atoms with van der Waals surface area (Å²) in [5.74, 6) is -0.887. The van der Waals surface area contributed by atoms with Crippen molar-refractivity contribution in [2.45, 2.75) is 37.4 Å². The van der Waals surface area contributed by atoms with Gasteiger partial charge in [-0.05, 0) is 37.6 Å². The van der Waals surface area contributed by atoms with E-state index in [2.05, 4.69) is 5.32 Å². The fourth-order valence-corrected chi connectivity index (χ4v) is 4.57. The first-order chi connectivity index (χ1) is 7.89. The topological polar surface area (TPSA) is 107 Å². The summed E-state index contributed by atoms with van der Waals surface area (Å²) in [5.41, 5.74) is -0.648. The Hall–Kier alpha value is -0.420. The van der Waals surface area contributed by atoms with Gasteiger partial charge in [-0.1, -0.05) is 6.42 Å². The summed E-state index contributed by atoms with van der Waals surface area (Å²) < 4.78 is 11.4. The zero-order chi connectivity index (χ0) is 12.6. The molecule has 6 nitrogen and oxygen atoms in total. The smallest absolute Gasteiger partial charge is 0.328 e. The van der Waals surface area contributed by atoms with E-state index in [1.807, 2.05) is 0 Å². The minimum absolute atomic E-state index is 0.160. The van der Waals surface area contributed by atoms with E-state index < -0.39 is 25.3 Å². The lowest BCUT2D eigenvalue weighted by Gasteiger charge is -2.43. The number of hydrogen-bond acceptors (Lipinski definition) is 3. The lowest BCUT2D eigenvalue weighted by Crippen LogP contribution is -2.52. The van der Waals surface area contributed by atoms with Gasteiger partial charge in [-0.3, -0.25) is 9.36 Å². The molecular weight excluding hydrogens is 245 g/mol. The van der Waals surface area contributed by atoms with Crippen LogP contribution >= 0.6 is 7.60 Å². The summed E-state index contributed by atoms with van der Waals surface area (Å²) in [6.45, 7) is 0.554. The van der Waals surface area contributed by atoms with Gasteiger partial charge in [-0.15, -0.1) is 0 Å².